The third-order valence-corrected chi connectivity index (χ3v) is 6.53. The fourth-order valence-electron chi connectivity index (χ4n) is 3.25. The molecule has 2 saturated heterocycles. The van der Waals surface area contributed by atoms with E-state index in [4.69, 9.17) is 0 Å². The fourth-order valence-corrected chi connectivity index (χ4v) is 4.76. The second-order valence-corrected chi connectivity index (χ2v) is 8.06. The molecule has 2 aliphatic heterocycles. The molecule has 0 saturated carbocycles. The van der Waals surface area contributed by atoms with Crippen molar-refractivity contribution in [3.8, 4) is 0 Å². The van der Waals surface area contributed by atoms with Crippen LogP contribution in [0, 0.1) is 0 Å². The maximum atomic E-state index is 12.5. The molecular weight excluding hydrogens is 300 g/mol. The van der Waals surface area contributed by atoms with Crippen molar-refractivity contribution in [2.45, 2.75) is 43.5 Å². The van der Waals surface area contributed by atoms with Crippen LogP contribution in [0.4, 0.5) is 0 Å². The van der Waals surface area contributed by atoms with Crippen molar-refractivity contribution >= 4 is 15.9 Å². The molecule has 1 aromatic carbocycles. The molecule has 6 heteroatoms. The smallest absolute Gasteiger partial charge is 0.254 e. The fraction of sp³-hybridized carbons (Fsp3) is 0.562. The number of nitrogens with zero attached hydrogens (tertiary/aromatic N) is 2. The quantitative estimate of drug-likeness (QED) is 0.856. The van der Waals surface area contributed by atoms with Gasteiger partial charge in [-0.15, -0.1) is 0 Å². The van der Waals surface area contributed by atoms with E-state index < -0.39 is 10.0 Å². The van der Waals surface area contributed by atoms with Crippen LogP contribution in [0.2, 0.25) is 0 Å². The number of carbonyl (C=O) groups excluding carboxylic acids is 1. The lowest BCUT2D eigenvalue weighted by Gasteiger charge is -2.21. The Morgan fingerprint density at radius 3 is 2.23 bits per heavy atom. The normalized spacial score (nSPS) is 23.1. The SMILES string of the molecule is CC1CCCN1C(=O)c1ccc(S(=O)(=O)N2CCCC2)cc1. The van der Waals surface area contributed by atoms with Crippen molar-refractivity contribution in [2.75, 3.05) is 19.6 Å². The molecule has 1 amide bonds. The van der Waals surface area contributed by atoms with Gasteiger partial charge in [-0.05, 0) is 56.9 Å². The Hall–Kier alpha value is -1.40. The van der Waals surface area contributed by atoms with Gasteiger partial charge in [0.25, 0.3) is 5.91 Å². The number of benzene rings is 1. The first-order valence-electron chi connectivity index (χ1n) is 7.91. The van der Waals surface area contributed by atoms with Gasteiger partial charge in [-0.1, -0.05) is 0 Å². The maximum absolute atomic E-state index is 12.5. The molecule has 0 N–H and O–H groups in total. The highest BCUT2D eigenvalue weighted by molar-refractivity contribution is 7.89. The van der Waals surface area contributed by atoms with Crippen LogP contribution < -0.4 is 0 Å². The first-order valence-corrected chi connectivity index (χ1v) is 9.35. The van der Waals surface area contributed by atoms with E-state index in [1.807, 2.05) is 4.90 Å². The molecule has 3 rings (SSSR count). The van der Waals surface area contributed by atoms with E-state index >= 15 is 0 Å². The summed E-state index contributed by atoms with van der Waals surface area (Å²) in [4.78, 5) is 14.6. The molecule has 22 heavy (non-hydrogen) atoms. The molecule has 0 aromatic heterocycles. The summed E-state index contributed by atoms with van der Waals surface area (Å²) in [6.07, 6.45) is 3.91. The van der Waals surface area contributed by atoms with E-state index in [2.05, 4.69) is 6.92 Å². The van der Waals surface area contributed by atoms with Gasteiger partial charge >= 0.3 is 0 Å². The van der Waals surface area contributed by atoms with Gasteiger partial charge in [-0.3, -0.25) is 4.79 Å². The van der Waals surface area contributed by atoms with Crippen molar-refractivity contribution in [3.63, 3.8) is 0 Å². The highest BCUT2D eigenvalue weighted by Crippen LogP contribution is 2.23. The number of sulfonamides is 1. The summed E-state index contributed by atoms with van der Waals surface area (Å²) >= 11 is 0. The molecule has 120 valence electrons. The van der Waals surface area contributed by atoms with E-state index in [-0.39, 0.29) is 16.8 Å². The Morgan fingerprint density at radius 1 is 1.05 bits per heavy atom. The highest BCUT2D eigenvalue weighted by Gasteiger charge is 2.28. The molecule has 0 bridgehead atoms. The Bertz CT molecular complexity index is 648. The average molecular weight is 322 g/mol. The minimum Gasteiger partial charge on any atom is -0.336 e. The van der Waals surface area contributed by atoms with Crippen molar-refractivity contribution in [3.05, 3.63) is 29.8 Å². The second kappa shape index (κ2) is 6.01. The van der Waals surface area contributed by atoms with Crippen LogP contribution in [-0.4, -0.2) is 49.2 Å². The van der Waals surface area contributed by atoms with Gasteiger partial charge in [0.1, 0.15) is 0 Å². The Balaban J connectivity index is 1.79. The summed E-state index contributed by atoms with van der Waals surface area (Å²) in [6.45, 7) is 4.02. The van der Waals surface area contributed by atoms with Crippen LogP contribution in [0.3, 0.4) is 0 Å². The zero-order valence-electron chi connectivity index (χ0n) is 12.9. The second-order valence-electron chi connectivity index (χ2n) is 6.13. The van der Waals surface area contributed by atoms with Gasteiger partial charge in [0.05, 0.1) is 4.90 Å². The number of rotatable bonds is 3. The molecule has 2 heterocycles. The summed E-state index contributed by atoms with van der Waals surface area (Å²) < 4.78 is 26.4. The number of hydrogen-bond donors (Lipinski definition) is 0. The molecule has 0 radical (unpaired) electrons. The number of carbonyl (C=O) groups is 1. The lowest BCUT2D eigenvalue weighted by atomic mass is 10.2. The van der Waals surface area contributed by atoms with E-state index in [0.717, 1.165) is 32.2 Å². The topological polar surface area (TPSA) is 57.7 Å². The number of amides is 1. The first-order chi connectivity index (χ1) is 10.5. The van der Waals surface area contributed by atoms with Crippen molar-refractivity contribution in [1.82, 2.24) is 9.21 Å². The van der Waals surface area contributed by atoms with Gasteiger partial charge < -0.3 is 4.90 Å². The Morgan fingerprint density at radius 2 is 1.68 bits per heavy atom. The van der Waals surface area contributed by atoms with Crippen LogP contribution >= 0.6 is 0 Å². The predicted octanol–water partition coefficient (Wildman–Crippen LogP) is 2.10. The van der Waals surface area contributed by atoms with Gasteiger partial charge in [0.15, 0.2) is 0 Å². The van der Waals surface area contributed by atoms with Crippen molar-refractivity contribution < 1.29 is 13.2 Å². The number of likely N-dealkylation sites (tertiary alicyclic amines) is 1. The summed E-state index contributed by atoms with van der Waals surface area (Å²) in [5, 5.41) is 0. The largest absolute Gasteiger partial charge is 0.336 e. The van der Waals surface area contributed by atoms with Gasteiger partial charge in [-0.2, -0.15) is 4.31 Å². The molecule has 2 fully saturated rings. The molecular formula is C16H22N2O3S. The average Bonchev–Trinajstić information content (AvgIpc) is 3.18. The summed E-state index contributed by atoms with van der Waals surface area (Å²) in [5.74, 6) is -0.00452. The summed E-state index contributed by atoms with van der Waals surface area (Å²) in [7, 11) is -3.40. The highest BCUT2D eigenvalue weighted by atomic mass is 32.2. The molecule has 1 aromatic rings. The van der Waals surface area contributed by atoms with Crippen LogP contribution in [0.1, 0.15) is 43.0 Å². The molecule has 5 nitrogen and oxygen atoms in total. The molecule has 1 unspecified atom stereocenters. The third kappa shape index (κ3) is 2.77. The van der Waals surface area contributed by atoms with Crippen molar-refractivity contribution in [1.29, 1.82) is 0 Å². The summed E-state index contributed by atoms with van der Waals surface area (Å²) in [5.41, 5.74) is 0.564. The molecule has 2 aliphatic rings. The van der Waals surface area contributed by atoms with E-state index in [1.54, 1.807) is 24.3 Å². The zero-order valence-corrected chi connectivity index (χ0v) is 13.7. The minimum absolute atomic E-state index is 0.00452. The summed E-state index contributed by atoms with van der Waals surface area (Å²) in [6, 6.07) is 6.65. The van der Waals surface area contributed by atoms with Crippen LogP contribution in [0.15, 0.2) is 29.2 Å². The zero-order chi connectivity index (χ0) is 15.7. The van der Waals surface area contributed by atoms with Crippen molar-refractivity contribution in [2.24, 2.45) is 0 Å². The van der Waals surface area contributed by atoms with E-state index in [0.29, 0.717) is 18.7 Å². The van der Waals surface area contributed by atoms with Crippen LogP contribution in [-0.2, 0) is 10.0 Å². The lowest BCUT2D eigenvalue weighted by Crippen LogP contribution is -2.33. The molecule has 0 aliphatic carbocycles. The standard InChI is InChI=1S/C16H22N2O3S/c1-13-5-4-12-18(13)16(19)14-6-8-15(9-7-14)22(20,21)17-10-2-3-11-17/h6-9,13H,2-5,10-12H2,1H3. The van der Waals surface area contributed by atoms with Gasteiger partial charge in [0.2, 0.25) is 10.0 Å². The van der Waals surface area contributed by atoms with E-state index in [9.17, 15) is 13.2 Å². The predicted molar refractivity (Wildman–Crippen MR) is 84.2 cm³/mol. The Labute approximate surface area is 132 Å². The lowest BCUT2D eigenvalue weighted by molar-refractivity contribution is 0.0747. The first kappa shape index (κ1) is 15.5. The van der Waals surface area contributed by atoms with Crippen LogP contribution in [0.5, 0.6) is 0 Å². The third-order valence-electron chi connectivity index (χ3n) is 4.62. The van der Waals surface area contributed by atoms with Gasteiger partial charge in [0, 0.05) is 31.2 Å². The van der Waals surface area contributed by atoms with Gasteiger partial charge in [-0.25, -0.2) is 8.42 Å². The number of hydrogen-bond acceptors (Lipinski definition) is 3. The minimum atomic E-state index is -3.40. The maximum Gasteiger partial charge on any atom is 0.254 e. The van der Waals surface area contributed by atoms with Crippen LogP contribution in [0.25, 0.3) is 0 Å². The van der Waals surface area contributed by atoms with E-state index in [1.165, 1.54) is 4.31 Å². The monoisotopic (exact) mass is 322 g/mol. The molecule has 0 spiro atoms. The molecule has 1 atom stereocenters. The Kier molecular flexibility index (Phi) is 4.23.